The minimum atomic E-state index is 0.732. The van der Waals surface area contributed by atoms with E-state index in [1.165, 1.54) is 12.8 Å². The molecule has 94 valence electrons. The summed E-state index contributed by atoms with van der Waals surface area (Å²) in [5, 5.41) is 0. The Labute approximate surface area is 104 Å². The molecule has 0 atom stereocenters. The van der Waals surface area contributed by atoms with Gasteiger partial charge in [0.05, 0.1) is 0 Å². The molecule has 2 heterocycles. The van der Waals surface area contributed by atoms with Crippen molar-refractivity contribution in [2.75, 3.05) is 31.2 Å². The summed E-state index contributed by atoms with van der Waals surface area (Å²) in [5.41, 5.74) is 1.10. The van der Waals surface area contributed by atoms with Crippen molar-refractivity contribution in [3.63, 3.8) is 0 Å². The van der Waals surface area contributed by atoms with E-state index < -0.39 is 0 Å². The number of aryl methyl sites for hydroxylation is 1. The standard InChI is InChI=1S/C14H22N2O/c1-3-17-11-13-7-9-16(10-8-13)14-6-4-5-12(2)15-14/h4-6,13H,3,7-11H2,1-2H3. The number of ether oxygens (including phenoxy) is 1. The maximum absolute atomic E-state index is 5.50. The molecular formula is C14H22N2O. The normalized spacial score (nSPS) is 17.4. The van der Waals surface area contributed by atoms with Crippen LogP contribution in [0.25, 0.3) is 0 Å². The first-order valence-electron chi connectivity index (χ1n) is 6.56. The zero-order valence-electron chi connectivity index (χ0n) is 10.9. The molecule has 1 aromatic heterocycles. The topological polar surface area (TPSA) is 25.4 Å². The first kappa shape index (κ1) is 12.4. The van der Waals surface area contributed by atoms with Crippen LogP contribution in [-0.2, 0) is 4.74 Å². The Morgan fingerprint density at radius 3 is 2.76 bits per heavy atom. The van der Waals surface area contributed by atoms with E-state index in [4.69, 9.17) is 4.74 Å². The third kappa shape index (κ3) is 3.43. The average molecular weight is 234 g/mol. The van der Waals surface area contributed by atoms with Crippen LogP contribution in [0.1, 0.15) is 25.5 Å². The van der Waals surface area contributed by atoms with E-state index in [2.05, 4.69) is 28.9 Å². The highest BCUT2D eigenvalue weighted by molar-refractivity contribution is 5.39. The van der Waals surface area contributed by atoms with Crippen molar-refractivity contribution < 1.29 is 4.74 Å². The molecule has 17 heavy (non-hydrogen) atoms. The lowest BCUT2D eigenvalue weighted by Crippen LogP contribution is -2.35. The lowest BCUT2D eigenvalue weighted by Gasteiger charge is -2.32. The molecule has 1 aliphatic rings. The van der Waals surface area contributed by atoms with Gasteiger partial charge in [-0.05, 0) is 44.7 Å². The van der Waals surface area contributed by atoms with Crippen LogP contribution in [-0.4, -0.2) is 31.3 Å². The Kier molecular flexibility index (Phi) is 4.37. The SMILES string of the molecule is CCOCC1CCN(c2cccc(C)n2)CC1. The Morgan fingerprint density at radius 2 is 2.12 bits per heavy atom. The van der Waals surface area contributed by atoms with Crippen LogP contribution in [0.15, 0.2) is 18.2 Å². The Hall–Kier alpha value is -1.09. The minimum absolute atomic E-state index is 0.732. The Bertz CT molecular complexity index is 346. The number of pyridine rings is 1. The van der Waals surface area contributed by atoms with Gasteiger partial charge in [0, 0.05) is 32.0 Å². The van der Waals surface area contributed by atoms with E-state index in [1.54, 1.807) is 0 Å². The zero-order chi connectivity index (χ0) is 12.1. The van der Waals surface area contributed by atoms with Gasteiger partial charge in [-0.1, -0.05) is 6.07 Å². The zero-order valence-corrected chi connectivity index (χ0v) is 10.9. The molecular weight excluding hydrogens is 212 g/mol. The van der Waals surface area contributed by atoms with Crippen LogP contribution < -0.4 is 4.90 Å². The molecule has 0 amide bonds. The van der Waals surface area contributed by atoms with Crippen LogP contribution in [0.2, 0.25) is 0 Å². The van der Waals surface area contributed by atoms with Gasteiger partial charge in [-0.2, -0.15) is 0 Å². The van der Waals surface area contributed by atoms with E-state index in [9.17, 15) is 0 Å². The smallest absolute Gasteiger partial charge is 0.128 e. The summed E-state index contributed by atoms with van der Waals surface area (Å²) in [6.07, 6.45) is 2.44. The van der Waals surface area contributed by atoms with Crippen molar-refractivity contribution >= 4 is 5.82 Å². The minimum Gasteiger partial charge on any atom is -0.381 e. The molecule has 1 saturated heterocycles. The Morgan fingerprint density at radius 1 is 1.35 bits per heavy atom. The maximum atomic E-state index is 5.50. The summed E-state index contributed by atoms with van der Waals surface area (Å²) in [6.45, 7) is 8.07. The van der Waals surface area contributed by atoms with E-state index in [-0.39, 0.29) is 0 Å². The first-order chi connectivity index (χ1) is 8.29. The van der Waals surface area contributed by atoms with Crippen LogP contribution in [0, 0.1) is 12.8 Å². The average Bonchev–Trinajstić information content (AvgIpc) is 2.37. The number of aromatic nitrogens is 1. The second-order valence-electron chi connectivity index (χ2n) is 4.73. The van der Waals surface area contributed by atoms with E-state index in [0.717, 1.165) is 43.7 Å². The molecule has 3 heteroatoms. The molecule has 2 rings (SSSR count). The second kappa shape index (κ2) is 6.01. The van der Waals surface area contributed by atoms with Gasteiger partial charge in [-0.15, -0.1) is 0 Å². The first-order valence-corrected chi connectivity index (χ1v) is 6.56. The van der Waals surface area contributed by atoms with E-state index in [1.807, 2.05) is 13.0 Å². The van der Waals surface area contributed by atoms with Gasteiger partial charge in [0.15, 0.2) is 0 Å². The van der Waals surface area contributed by atoms with Crippen molar-refractivity contribution in [1.29, 1.82) is 0 Å². The highest BCUT2D eigenvalue weighted by Crippen LogP contribution is 2.22. The van der Waals surface area contributed by atoms with Crippen molar-refractivity contribution in [3.05, 3.63) is 23.9 Å². The molecule has 0 saturated carbocycles. The molecule has 1 fully saturated rings. The molecule has 1 aliphatic heterocycles. The van der Waals surface area contributed by atoms with Gasteiger partial charge >= 0.3 is 0 Å². The lowest BCUT2D eigenvalue weighted by molar-refractivity contribution is 0.100. The van der Waals surface area contributed by atoms with Gasteiger partial charge in [0.2, 0.25) is 0 Å². The van der Waals surface area contributed by atoms with Crippen molar-refractivity contribution in [3.8, 4) is 0 Å². The number of anilines is 1. The molecule has 0 aromatic carbocycles. The predicted octanol–water partition coefficient (Wildman–Crippen LogP) is 2.64. The largest absolute Gasteiger partial charge is 0.381 e. The van der Waals surface area contributed by atoms with Gasteiger partial charge < -0.3 is 9.64 Å². The van der Waals surface area contributed by atoms with Gasteiger partial charge in [0.25, 0.3) is 0 Å². The number of nitrogens with zero attached hydrogens (tertiary/aromatic N) is 2. The fraction of sp³-hybridized carbons (Fsp3) is 0.643. The summed E-state index contributed by atoms with van der Waals surface area (Å²) in [7, 11) is 0. The summed E-state index contributed by atoms with van der Waals surface area (Å²) >= 11 is 0. The highest BCUT2D eigenvalue weighted by atomic mass is 16.5. The summed E-state index contributed by atoms with van der Waals surface area (Å²) in [4.78, 5) is 6.96. The van der Waals surface area contributed by atoms with Crippen LogP contribution >= 0.6 is 0 Å². The van der Waals surface area contributed by atoms with Crippen molar-refractivity contribution in [1.82, 2.24) is 4.98 Å². The van der Waals surface area contributed by atoms with Gasteiger partial charge in [-0.25, -0.2) is 4.98 Å². The molecule has 0 spiro atoms. The summed E-state index contributed by atoms with van der Waals surface area (Å²) < 4.78 is 5.50. The monoisotopic (exact) mass is 234 g/mol. The van der Waals surface area contributed by atoms with Crippen LogP contribution in [0.4, 0.5) is 5.82 Å². The summed E-state index contributed by atoms with van der Waals surface area (Å²) in [5.74, 6) is 1.86. The second-order valence-corrected chi connectivity index (χ2v) is 4.73. The van der Waals surface area contributed by atoms with Crippen LogP contribution in [0.3, 0.4) is 0 Å². The number of rotatable bonds is 4. The fourth-order valence-corrected chi connectivity index (χ4v) is 2.32. The lowest BCUT2D eigenvalue weighted by atomic mass is 9.98. The van der Waals surface area contributed by atoms with E-state index in [0.29, 0.717) is 0 Å². The van der Waals surface area contributed by atoms with Gasteiger partial charge in [0.1, 0.15) is 5.82 Å². The molecule has 1 aromatic rings. The van der Waals surface area contributed by atoms with Gasteiger partial charge in [-0.3, -0.25) is 0 Å². The van der Waals surface area contributed by atoms with Crippen molar-refractivity contribution in [2.24, 2.45) is 5.92 Å². The number of hydrogen-bond donors (Lipinski definition) is 0. The predicted molar refractivity (Wildman–Crippen MR) is 70.4 cm³/mol. The highest BCUT2D eigenvalue weighted by Gasteiger charge is 2.19. The fourth-order valence-electron chi connectivity index (χ4n) is 2.32. The molecule has 0 N–H and O–H groups in total. The molecule has 0 radical (unpaired) electrons. The summed E-state index contributed by atoms with van der Waals surface area (Å²) in [6, 6.07) is 6.24. The third-order valence-electron chi connectivity index (χ3n) is 3.37. The third-order valence-corrected chi connectivity index (χ3v) is 3.37. The molecule has 0 bridgehead atoms. The molecule has 0 unspecified atom stereocenters. The van der Waals surface area contributed by atoms with E-state index >= 15 is 0 Å². The quantitative estimate of drug-likeness (QED) is 0.801. The molecule has 0 aliphatic carbocycles. The van der Waals surface area contributed by atoms with Crippen LogP contribution in [0.5, 0.6) is 0 Å². The number of hydrogen-bond acceptors (Lipinski definition) is 3. The number of piperidine rings is 1. The van der Waals surface area contributed by atoms with Crippen molar-refractivity contribution in [2.45, 2.75) is 26.7 Å². The molecule has 3 nitrogen and oxygen atoms in total. The Balaban J connectivity index is 1.86. The maximum Gasteiger partial charge on any atom is 0.128 e.